The summed E-state index contributed by atoms with van der Waals surface area (Å²) in [4.78, 5) is 15.0. The topological polar surface area (TPSA) is 57.7 Å². The van der Waals surface area contributed by atoms with Gasteiger partial charge in [0.05, 0.1) is 10.6 Å². The van der Waals surface area contributed by atoms with Gasteiger partial charge in [-0.2, -0.15) is 0 Å². The average molecular weight is 401 g/mol. The summed E-state index contributed by atoms with van der Waals surface area (Å²) in [5.41, 5.74) is 2.13. The molecule has 1 aliphatic rings. The number of carbonyl (C=O) groups is 1. The smallest absolute Gasteiger partial charge is 0.264 e. The van der Waals surface area contributed by atoms with Crippen molar-refractivity contribution in [3.8, 4) is 0 Å². The Hall–Kier alpha value is -2.34. The molecule has 0 spiro atoms. The number of hydrogen-bond acceptors (Lipinski definition) is 3. The lowest BCUT2D eigenvalue weighted by Gasteiger charge is -2.23. The first kappa shape index (κ1) is 20.4. The van der Waals surface area contributed by atoms with E-state index in [0.29, 0.717) is 17.2 Å². The van der Waals surface area contributed by atoms with Gasteiger partial charge < -0.3 is 4.90 Å². The van der Waals surface area contributed by atoms with E-state index >= 15 is 0 Å². The second kappa shape index (κ2) is 8.35. The van der Waals surface area contributed by atoms with Crippen molar-refractivity contribution in [2.75, 3.05) is 24.4 Å². The lowest BCUT2D eigenvalue weighted by atomic mass is 10.1. The maximum Gasteiger partial charge on any atom is 0.264 e. The zero-order chi connectivity index (χ0) is 20.3. The molecule has 6 heteroatoms. The highest BCUT2D eigenvalue weighted by molar-refractivity contribution is 7.92. The number of hydrogen-bond donors (Lipinski definition) is 0. The van der Waals surface area contributed by atoms with Crippen LogP contribution in [0.2, 0.25) is 0 Å². The number of benzene rings is 2. The van der Waals surface area contributed by atoms with Crippen molar-refractivity contribution in [3.05, 3.63) is 59.7 Å². The van der Waals surface area contributed by atoms with E-state index in [2.05, 4.69) is 6.92 Å². The standard InChI is InChI=1S/C22H28N2O3S/c1-4-15-24(16-18-7-8-18)22(25)19-9-11-20(12-10-19)23(3)28(26,27)21-13-5-17(2)6-14-21/h5-6,9-14,18H,4,7-8,15-16H2,1-3H3. The zero-order valence-electron chi connectivity index (χ0n) is 16.8. The fourth-order valence-electron chi connectivity index (χ4n) is 3.16. The molecule has 0 atom stereocenters. The molecule has 0 N–H and O–H groups in total. The number of amides is 1. The van der Waals surface area contributed by atoms with E-state index in [9.17, 15) is 13.2 Å². The third-order valence-electron chi connectivity index (χ3n) is 5.11. The molecule has 0 aromatic heterocycles. The van der Waals surface area contributed by atoms with E-state index < -0.39 is 10.0 Å². The molecule has 1 amide bonds. The molecule has 3 rings (SSSR count). The normalized spacial score (nSPS) is 14.0. The van der Waals surface area contributed by atoms with Gasteiger partial charge in [-0.05, 0) is 68.5 Å². The summed E-state index contributed by atoms with van der Waals surface area (Å²) >= 11 is 0. The SMILES string of the molecule is CCCN(CC1CC1)C(=O)c1ccc(N(C)S(=O)(=O)c2ccc(C)cc2)cc1. The van der Waals surface area contributed by atoms with E-state index in [4.69, 9.17) is 0 Å². The lowest BCUT2D eigenvalue weighted by Crippen LogP contribution is -2.33. The van der Waals surface area contributed by atoms with Gasteiger partial charge >= 0.3 is 0 Å². The van der Waals surface area contributed by atoms with Gasteiger partial charge in [0.25, 0.3) is 15.9 Å². The Morgan fingerprint density at radius 2 is 1.64 bits per heavy atom. The predicted octanol–water partition coefficient (Wildman–Crippen LogP) is 4.08. The Labute approximate surface area is 168 Å². The van der Waals surface area contributed by atoms with Crippen molar-refractivity contribution in [2.45, 2.75) is 38.0 Å². The molecule has 150 valence electrons. The van der Waals surface area contributed by atoms with Crippen molar-refractivity contribution in [1.82, 2.24) is 4.90 Å². The number of rotatable bonds is 8. The quantitative estimate of drug-likeness (QED) is 0.671. The minimum atomic E-state index is -3.64. The van der Waals surface area contributed by atoms with Gasteiger partial charge in [-0.25, -0.2) is 8.42 Å². The molecule has 0 saturated heterocycles. The third-order valence-corrected chi connectivity index (χ3v) is 6.91. The van der Waals surface area contributed by atoms with Crippen LogP contribution in [0.5, 0.6) is 0 Å². The molecular weight excluding hydrogens is 372 g/mol. The van der Waals surface area contributed by atoms with Gasteiger partial charge in [0.2, 0.25) is 0 Å². The van der Waals surface area contributed by atoms with Crippen LogP contribution in [0.15, 0.2) is 53.4 Å². The molecule has 2 aromatic carbocycles. The molecule has 1 fully saturated rings. The van der Waals surface area contributed by atoms with Gasteiger partial charge in [0.15, 0.2) is 0 Å². The number of aryl methyl sites for hydroxylation is 1. The van der Waals surface area contributed by atoms with Crippen molar-refractivity contribution in [3.63, 3.8) is 0 Å². The highest BCUT2D eigenvalue weighted by Gasteiger charge is 2.27. The molecule has 1 aliphatic carbocycles. The monoisotopic (exact) mass is 400 g/mol. The molecule has 0 heterocycles. The summed E-state index contributed by atoms with van der Waals surface area (Å²) in [7, 11) is -2.11. The minimum absolute atomic E-state index is 0.0179. The lowest BCUT2D eigenvalue weighted by molar-refractivity contribution is 0.0747. The van der Waals surface area contributed by atoms with Crippen LogP contribution in [-0.2, 0) is 10.0 Å². The molecule has 2 aromatic rings. The summed E-state index contributed by atoms with van der Waals surface area (Å²) in [6.07, 6.45) is 3.33. The fraction of sp³-hybridized carbons (Fsp3) is 0.409. The van der Waals surface area contributed by atoms with E-state index in [1.807, 2.05) is 11.8 Å². The van der Waals surface area contributed by atoms with Crippen molar-refractivity contribution >= 4 is 21.6 Å². The second-order valence-corrected chi connectivity index (χ2v) is 9.50. The van der Waals surface area contributed by atoms with Gasteiger partial charge in [-0.1, -0.05) is 24.6 Å². The van der Waals surface area contributed by atoms with Crippen molar-refractivity contribution in [1.29, 1.82) is 0 Å². The van der Waals surface area contributed by atoms with Crippen LogP contribution >= 0.6 is 0 Å². The summed E-state index contributed by atoms with van der Waals surface area (Å²) in [5.74, 6) is 0.657. The molecular formula is C22H28N2O3S. The van der Waals surface area contributed by atoms with Crippen LogP contribution in [-0.4, -0.2) is 39.4 Å². The predicted molar refractivity (Wildman–Crippen MR) is 112 cm³/mol. The number of sulfonamides is 1. The summed E-state index contributed by atoms with van der Waals surface area (Å²) in [6.45, 7) is 5.55. The van der Waals surface area contributed by atoms with Gasteiger partial charge in [-0.15, -0.1) is 0 Å². The van der Waals surface area contributed by atoms with Gasteiger partial charge in [-0.3, -0.25) is 9.10 Å². The van der Waals surface area contributed by atoms with Gasteiger partial charge in [0.1, 0.15) is 0 Å². The van der Waals surface area contributed by atoms with Crippen LogP contribution in [0.3, 0.4) is 0 Å². The first-order valence-corrected chi connectivity index (χ1v) is 11.2. The molecule has 5 nitrogen and oxygen atoms in total. The zero-order valence-corrected chi connectivity index (χ0v) is 17.6. The van der Waals surface area contributed by atoms with E-state index in [1.54, 1.807) is 48.5 Å². The van der Waals surface area contributed by atoms with E-state index in [1.165, 1.54) is 24.2 Å². The molecule has 0 unspecified atom stereocenters. The Bertz CT molecular complexity index is 917. The Morgan fingerprint density at radius 3 is 2.18 bits per heavy atom. The summed E-state index contributed by atoms with van der Waals surface area (Å²) in [5, 5.41) is 0. The average Bonchev–Trinajstić information content (AvgIpc) is 3.51. The fourth-order valence-corrected chi connectivity index (χ4v) is 4.36. The van der Waals surface area contributed by atoms with Crippen LogP contribution in [0, 0.1) is 12.8 Å². The maximum atomic E-state index is 12.8. The van der Waals surface area contributed by atoms with Crippen molar-refractivity contribution in [2.24, 2.45) is 5.92 Å². The summed E-state index contributed by atoms with van der Waals surface area (Å²) in [6, 6.07) is 13.6. The minimum Gasteiger partial charge on any atom is -0.338 e. The molecule has 1 saturated carbocycles. The van der Waals surface area contributed by atoms with Crippen LogP contribution in [0.25, 0.3) is 0 Å². The highest BCUT2D eigenvalue weighted by Crippen LogP contribution is 2.30. The number of nitrogens with zero attached hydrogens (tertiary/aromatic N) is 2. The molecule has 0 aliphatic heterocycles. The third kappa shape index (κ3) is 4.55. The first-order chi connectivity index (χ1) is 13.3. The van der Waals surface area contributed by atoms with Crippen LogP contribution in [0.1, 0.15) is 42.1 Å². The Kier molecular flexibility index (Phi) is 6.08. The molecule has 0 bridgehead atoms. The highest BCUT2D eigenvalue weighted by atomic mass is 32.2. The Morgan fingerprint density at radius 1 is 1.04 bits per heavy atom. The van der Waals surface area contributed by atoms with E-state index in [-0.39, 0.29) is 10.8 Å². The molecule has 28 heavy (non-hydrogen) atoms. The maximum absolute atomic E-state index is 12.8. The van der Waals surface area contributed by atoms with E-state index in [0.717, 1.165) is 25.1 Å². The number of anilines is 1. The Balaban J connectivity index is 1.77. The first-order valence-electron chi connectivity index (χ1n) is 9.78. The second-order valence-electron chi connectivity index (χ2n) is 7.53. The summed E-state index contributed by atoms with van der Waals surface area (Å²) < 4.78 is 26.9. The largest absolute Gasteiger partial charge is 0.338 e. The molecule has 0 radical (unpaired) electrons. The van der Waals surface area contributed by atoms with Crippen molar-refractivity contribution < 1.29 is 13.2 Å². The number of carbonyl (C=O) groups excluding carboxylic acids is 1. The van der Waals surface area contributed by atoms with Crippen LogP contribution < -0.4 is 4.31 Å². The van der Waals surface area contributed by atoms with Crippen LogP contribution in [0.4, 0.5) is 5.69 Å². The van der Waals surface area contributed by atoms with Gasteiger partial charge in [0, 0.05) is 25.7 Å².